The van der Waals surface area contributed by atoms with Gasteiger partial charge in [-0.3, -0.25) is 4.79 Å². The normalized spacial score (nSPS) is 20.3. The van der Waals surface area contributed by atoms with Gasteiger partial charge < -0.3 is 10.6 Å². The van der Waals surface area contributed by atoms with Crippen molar-refractivity contribution in [2.45, 2.75) is 11.9 Å². The van der Waals surface area contributed by atoms with Crippen LogP contribution < -0.4 is 10.6 Å². The van der Waals surface area contributed by atoms with E-state index in [1.165, 1.54) is 0 Å². The molecule has 0 aromatic rings. The lowest BCUT2D eigenvalue weighted by atomic mass is 10.1. The van der Waals surface area contributed by atoms with E-state index in [0.717, 1.165) is 13.0 Å². The summed E-state index contributed by atoms with van der Waals surface area (Å²) in [5.74, 6) is -0.362. The molecule has 1 fully saturated rings. The Morgan fingerprint density at radius 3 is 2.69 bits per heavy atom. The van der Waals surface area contributed by atoms with Gasteiger partial charge in [-0.05, 0) is 24.7 Å². The summed E-state index contributed by atoms with van der Waals surface area (Å²) in [7, 11) is 0. The second-order valence-electron chi connectivity index (χ2n) is 3.27. The first-order valence-corrected chi connectivity index (χ1v) is 5.67. The van der Waals surface area contributed by atoms with Crippen molar-refractivity contribution >= 4 is 30.1 Å². The Morgan fingerprint density at radius 2 is 2.19 bits per heavy atom. The number of hydrogen-bond acceptors (Lipinski definition) is 3. The van der Waals surface area contributed by atoms with Gasteiger partial charge in [0.2, 0.25) is 5.91 Å². The van der Waals surface area contributed by atoms with E-state index in [1.807, 2.05) is 0 Å². The van der Waals surface area contributed by atoms with Crippen LogP contribution >= 0.6 is 24.2 Å². The monoisotopic (exact) mass is 278 g/mol. The van der Waals surface area contributed by atoms with Crippen LogP contribution in [0.2, 0.25) is 0 Å². The van der Waals surface area contributed by atoms with Gasteiger partial charge in [-0.25, -0.2) is 0 Å². The Balaban J connectivity index is 0.00000225. The molecular formula is C8H14ClF3N2OS. The molecule has 1 amide bonds. The molecule has 1 aliphatic rings. The minimum Gasteiger partial charge on any atom is -0.355 e. The summed E-state index contributed by atoms with van der Waals surface area (Å²) in [5, 5.41) is 5.52. The molecule has 1 unspecified atom stereocenters. The van der Waals surface area contributed by atoms with Crippen molar-refractivity contribution in [3.05, 3.63) is 0 Å². The van der Waals surface area contributed by atoms with E-state index in [0.29, 0.717) is 6.54 Å². The van der Waals surface area contributed by atoms with Crippen LogP contribution in [0.15, 0.2) is 0 Å². The lowest BCUT2D eigenvalue weighted by Gasteiger charge is -2.10. The van der Waals surface area contributed by atoms with Gasteiger partial charge in [0.25, 0.3) is 0 Å². The van der Waals surface area contributed by atoms with E-state index in [-0.39, 0.29) is 48.3 Å². The lowest BCUT2D eigenvalue weighted by molar-refractivity contribution is -0.124. The predicted octanol–water partition coefficient (Wildman–Crippen LogP) is 1.39. The van der Waals surface area contributed by atoms with E-state index < -0.39 is 5.51 Å². The summed E-state index contributed by atoms with van der Waals surface area (Å²) < 4.78 is 35.2. The molecule has 0 spiro atoms. The molecule has 96 valence electrons. The number of thioether (sulfide) groups is 1. The van der Waals surface area contributed by atoms with Crippen molar-refractivity contribution in [1.29, 1.82) is 0 Å². The fourth-order valence-corrected chi connectivity index (χ4v) is 1.80. The van der Waals surface area contributed by atoms with Crippen molar-refractivity contribution in [3.63, 3.8) is 0 Å². The second kappa shape index (κ2) is 7.24. The van der Waals surface area contributed by atoms with Crippen LogP contribution in [0.25, 0.3) is 0 Å². The average molecular weight is 279 g/mol. The molecule has 0 radical (unpaired) electrons. The molecule has 2 N–H and O–H groups in total. The SMILES string of the molecule is Cl.O=C(NCCSC(F)(F)F)C1CCNC1. The number of alkyl halides is 3. The highest BCUT2D eigenvalue weighted by atomic mass is 35.5. The molecule has 16 heavy (non-hydrogen) atoms. The van der Waals surface area contributed by atoms with Crippen LogP contribution in [0, 0.1) is 5.92 Å². The van der Waals surface area contributed by atoms with Crippen LogP contribution in [0.1, 0.15) is 6.42 Å². The molecule has 1 atom stereocenters. The van der Waals surface area contributed by atoms with Gasteiger partial charge >= 0.3 is 5.51 Å². The number of halogens is 4. The maximum atomic E-state index is 11.7. The van der Waals surface area contributed by atoms with E-state index in [1.54, 1.807) is 0 Å². The Hall–Kier alpha value is -0.140. The van der Waals surface area contributed by atoms with E-state index >= 15 is 0 Å². The minimum absolute atomic E-state index is 0. The predicted molar refractivity (Wildman–Crippen MR) is 59.7 cm³/mol. The van der Waals surface area contributed by atoms with Crippen LogP contribution in [0.3, 0.4) is 0 Å². The first kappa shape index (κ1) is 15.9. The quantitative estimate of drug-likeness (QED) is 0.764. The van der Waals surface area contributed by atoms with Gasteiger partial charge in [-0.2, -0.15) is 13.2 Å². The molecular weight excluding hydrogens is 265 g/mol. The molecule has 0 aromatic heterocycles. The van der Waals surface area contributed by atoms with Crippen molar-refractivity contribution in [2.24, 2.45) is 5.92 Å². The zero-order valence-electron chi connectivity index (χ0n) is 8.47. The highest BCUT2D eigenvalue weighted by Crippen LogP contribution is 2.29. The van der Waals surface area contributed by atoms with Crippen LogP contribution in [0.4, 0.5) is 13.2 Å². The second-order valence-corrected chi connectivity index (χ2v) is 4.43. The van der Waals surface area contributed by atoms with Crippen LogP contribution in [-0.4, -0.2) is 36.8 Å². The van der Waals surface area contributed by atoms with E-state index in [9.17, 15) is 18.0 Å². The third-order valence-corrected chi connectivity index (χ3v) is 2.83. The smallest absolute Gasteiger partial charge is 0.355 e. The maximum Gasteiger partial charge on any atom is 0.441 e. The molecule has 1 heterocycles. The summed E-state index contributed by atoms with van der Waals surface area (Å²) in [6.07, 6.45) is 0.762. The number of rotatable bonds is 4. The first-order chi connectivity index (χ1) is 6.99. The van der Waals surface area contributed by atoms with Crippen LogP contribution in [0.5, 0.6) is 0 Å². The maximum absolute atomic E-state index is 11.7. The third kappa shape index (κ3) is 6.44. The average Bonchev–Trinajstić information content (AvgIpc) is 2.63. The fraction of sp³-hybridized carbons (Fsp3) is 0.875. The molecule has 8 heteroatoms. The standard InChI is InChI=1S/C8H13F3N2OS.ClH/c9-8(10,11)15-4-3-13-7(14)6-1-2-12-5-6;/h6,12H,1-5H2,(H,13,14);1H. The highest BCUT2D eigenvalue weighted by Gasteiger charge is 2.28. The molecule has 0 aliphatic carbocycles. The topological polar surface area (TPSA) is 41.1 Å². The molecule has 0 saturated carbocycles. The van der Waals surface area contributed by atoms with Gasteiger partial charge in [-0.15, -0.1) is 12.4 Å². The summed E-state index contributed by atoms with van der Waals surface area (Å²) in [5.41, 5.74) is -4.21. The molecule has 0 aromatic carbocycles. The minimum atomic E-state index is -4.21. The lowest BCUT2D eigenvalue weighted by Crippen LogP contribution is -2.33. The summed E-state index contributed by atoms with van der Waals surface area (Å²) in [6.45, 7) is 1.49. The van der Waals surface area contributed by atoms with Gasteiger partial charge in [0.1, 0.15) is 0 Å². The number of hydrogen-bond donors (Lipinski definition) is 2. The molecule has 1 saturated heterocycles. The van der Waals surface area contributed by atoms with Crippen molar-refractivity contribution in [1.82, 2.24) is 10.6 Å². The van der Waals surface area contributed by atoms with Crippen LogP contribution in [-0.2, 0) is 4.79 Å². The number of carbonyl (C=O) groups excluding carboxylic acids is 1. The fourth-order valence-electron chi connectivity index (χ4n) is 1.36. The zero-order chi connectivity index (χ0) is 11.3. The summed E-state index contributed by atoms with van der Waals surface area (Å²) in [4.78, 5) is 11.3. The molecule has 1 rings (SSSR count). The first-order valence-electron chi connectivity index (χ1n) is 4.68. The summed E-state index contributed by atoms with van der Waals surface area (Å²) in [6, 6.07) is 0. The zero-order valence-corrected chi connectivity index (χ0v) is 10.1. The Labute approximate surface area is 102 Å². The Bertz CT molecular complexity index is 222. The third-order valence-electron chi connectivity index (χ3n) is 2.10. The number of carbonyl (C=O) groups is 1. The van der Waals surface area contributed by atoms with E-state index in [2.05, 4.69) is 10.6 Å². The van der Waals surface area contributed by atoms with E-state index in [4.69, 9.17) is 0 Å². The van der Waals surface area contributed by atoms with Gasteiger partial charge in [0.05, 0.1) is 5.92 Å². The van der Waals surface area contributed by atoms with Crippen molar-refractivity contribution < 1.29 is 18.0 Å². The number of nitrogens with one attached hydrogen (secondary N) is 2. The number of amides is 1. The largest absolute Gasteiger partial charge is 0.441 e. The van der Waals surface area contributed by atoms with Gasteiger partial charge in [-0.1, -0.05) is 0 Å². The Morgan fingerprint density at radius 1 is 1.50 bits per heavy atom. The summed E-state index contributed by atoms with van der Waals surface area (Å²) >= 11 is -0.112. The molecule has 3 nitrogen and oxygen atoms in total. The van der Waals surface area contributed by atoms with Crippen molar-refractivity contribution in [2.75, 3.05) is 25.4 Å². The Kier molecular flexibility index (Phi) is 7.17. The molecule has 1 aliphatic heterocycles. The highest BCUT2D eigenvalue weighted by molar-refractivity contribution is 8.00. The van der Waals surface area contributed by atoms with Gasteiger partial charge in [0.15, 0.2) is 0 Å². The van der Waals surface area contributed by atoms with Gasteiger partial charge in [0, 0.05) is 18.8 Å². The van der Waals surface area contributed by atoms with Crippen molar-refractivity contribution in [3.8, 4) is 0 Å². The molecule has 0 bridgehead atoms.